The van der Waals surface area contributed by atoms with Crippen LogP contribution in [-0.2, 0) is 0 Å². The molecule has 0 aliphatic carbocycles. The van der Waals surface area contributed by atoms with E-state index in [1.807, 2.05) is 0 Å². The van der Waals surface area contributed by atoms with Gasteiger partial charge in [-0.2, -0.15) is 0 Å². The van der Waals surface area contributed by atoms with Gasteiger partial charge in [0.1, 0.15) is 5.69 Å². The Morgan fingerprint density at radius 3 is 1.44 bits per heavy atom. The Kier molecular flexibility index (Phi) is 2.41. The first-order valence-electron chi connectivity index (χ1n) is 4.18. The zero-order valence-corrected chi connectivity index (χ0v) is 7.65. The van der Waals surface area contributed by atoms with Gasteiger partial charge < -0.3 is 4.57 Å². The second kappa shape index (κ2) is 3.62. The van der Waals surface area contributed by atoms with Gasteiger partial charge in [0.15, 0.2) is 23.3 Å². The van der Waals surface area contributed by atoms with Gasteiger partial charge in [-0.25, -0.2) is 22.0 Å². The van der Waals surface area contributed by atoms with Gasteiger partial charge in [-0.1, -0.05) is 0 Å². The molecule has 2 aromatic rings. The van der Waals surface area contributed by atoms with Gasteiger partial charge >= 0.3 is 0 Å². The molecule has 0 atom stereocenters. The molecule has 1 aromatic carbocycles. The van der Waals surface area contributed by atoms with E-state index in [1.54, 1.807) is 0 Å². The lowest BCUT2D eigenvalue weighted by Crippen LogP contribution is -2.08. The summed E-state index contributed by atoms with van der Waals surface area (Å²) < 4.78 is 65.6. The molecule has 0 amide bonds. The number of rotatable bonds is 1. The monoisotopic (exact) mass is 233 g/mol. The van der Waals surface area contributed by atoms with Crippen molar-refractivity contribution in [1.29, 1.82) is 0 Å². The van der Waals surface area contributed by atoms with Crippen LogP contribution in [0.3, 0.4) is 0 Å². The van der Waals surface area contributed by atoms with Gasteiger partial charge in [0.2, 0.25) is 5.82 Å². The lowest BCUT2D eigenvalue weighted by atomic mass is 10.2. The average molecular weight is 233 g/mol. The van der Waals surface area contributed by atoms with Crippen molar-refractivity contribution >= 4 is 0 Å². The minimum Gasteiger partial charge on any atom is -0.319 e. The summed E-state index contributed by atoms with van der Waals surface area (Å²) >= 11 is 0. The van der Waals surface area contributed by atoms with Crippen LogP contribution in [0.1, 0.15) is 0 Å². The van der Waals surface area contributed by atoms with Crippen molar-refractivity contribution in [3.63, 3.8) is 0 Å². The molecule has 0 bridgehead atoms. The first-order chi connectivity index (χ1) is 7.54. The van der Waals surface area contributed by atoms with E-state index in [4.69, 9.17) is 0 Å². The number of halogens is 5. The highest BCUT2D eigenvalue weighted by Gasteiger charge is 2.26. The predicted molar refractivity (Wildman–Crippen MR) is 45.6 cm³/mol. The molecule has 0 saturated carbocycles. The first kappa shape index (κ1) is 10.7. The predicted octanol–water partition coefficient (Wildman–Crippen LogP) is 3.17. The second-order valence-electron chi connectivity index (χ2n) is 3.01. The fraction of sp³-hybridized carbons (Fsp3) is 0. The maximum absolute atomic E-state index is 13.2. The molecule has 6 heteroatoms. The standard InChI is InChI=1S/C10H4F5N/c11-5-6(12)8(14)10(9(15)7(5)13)16-3-1-2-4-16/h1-4H. The topological polar surface area (TPSA) is 4.93 Å². The molecule has 0 aliphatic rings. The number of benzene rings is 1. The van der Waals surface area contributed by atoms with E-state index >= 15 is 0 Å². The molecular weight excluding hydrogens is 229 g/mol. The molecule has 0 spiro atoms. The number of hydrogen-bond acceptors (Lipinski definition) is 0. The lowest BCUT2D eigenvalue weighted by Gasteiger charge is -2.08. The molecule has 0 unspecified atom stereocenters. The van der Waals surface area contributed by atoms with Crippen molar-refractivity contribution < 1.29 is 22.0 Å². The van der Waals surface area contributed by atoms with Gasteiger partial charge in [0.05, 0.1) is 0 Å². The van der Waals surface area contributed by atoms with Crippen molar-refractivity contribution in [1.82, 2.24) is 4.57 Å². The van der Waals surface area contributed by atoms with Crippen LogP contribution in [0.2, 0.25) is 0 Å². The summed E-state index contributed by atoms with van der Waals surface area (Å²) in [7, 11) is 0. The summed E-state index contributed by atoms with van der Waals surface area (Å²) in [4.78, 5) is 0. The largest absolute Gasteiger partial charge is 0.319 e. The third-order valence-electron chi connectivity index (χ3n) is 2.05. The molecule has 2 rings (SSSR count). The fourth-order valence-electron chi connectivity index (χ4n) is 1.30. The van der Waals surface area contributed by atoms with Crippen LogP contribution in [0.4, 0.5) is 22.0 Å². The minimum absolute atomic E-state index is 0.816. The van der Waals surface area contributed by atoms with Crippen molar-refractivity contribution in [2.24, 2.45) is 0 Å². The third kappa shape index (κ3) is 1.37. The molecule has 0 fully saturated rings. The fourth-order valence-corrected chi connectivity index (χ4v) is 1.30. The first-order valence-corrected chi connectivity index (χ1v) is 4.18. The summed E-state index contributed by atoms with van der Waals surface area (Å²) in [5.74, 6) is -9.78. The maximum Gasteiger partial charge on any atom is 0.200 e. The zero-order valence-electron chi connectivity index (χ0n) is 7.65. The SMILES string of the molecule is Fc1c(F)c(F)c(-n2cccc2)c(F)c1F. The van der Waals surface area contributed by atoms with Crippen molar-refractivity contribution in [3.8, 4) is 5.69 Å². The molecule has 1 aromatic heterocycles. The Morgan fingerprint density at radius 1 is 0.625 bits per heavy atom. The van der Waals surface area contributed by atoms with E-state index in [0.29, 0.717) is 0 Å². The molecule has 1 heterocycles. The van der Waals surface area contributed by atoms with Crippen LogP contribution in [0.25, 0.3) is 5.69 Å². The molecule has 0 radical (unpaired) electrons. The number of nitrogens with zero attached hydrogens (tertiary/aromatic N) is 1. The summed E-state index contributed by atoms with van der Waals surface area (Å²) in [5, 5.41) is 0. The normalized spacial score (nSPS) is 10.8. The smallest absolute Gasteiger partial charge is 0.200 e. The van der Waals surface area contributed by atoms with Gasteiger partial charge in [-0.3, -0.25) is 0 Å². The van der Waals surface area contributed by atoms with Crippen molar-refractivity contribution in [2.75, 3.05) is 0 Å². The van der Waals surface area contributed by atoms with E-state index in [9.17, 15) is 22.0 Å². The molecule has 84 valence electrons. The minimum atomic E-state index is -2.16. The highest BCUT2D eigenvalue weighted by molar-refractivity contribution is 5.38. The van der Waals surface area contributed by atoms with Crippen LogP contribution < -0.4 is 0 Å². The van der Waals surface area contributed by atoms with Crippen molar-refractivity contribution in [2.45, 2.75) is 0 Å². The third-order valence-corrected chi connectivity index (χ3v) is 2.05. The summed E-state index contributed by atoms with van der Waals surface area (Å²) in [6.07, 6.45) is 2.36. The Morgan fingerprint density at radius 2 is 1.00 bits per heavy atom. The summed E-state index contributed by atoms with van der Waals surface area (Å²) in [6.45, 7) is 0. The Bertz CT molecular complexity index is 504. The molecule has 0 saturated heterocycles. The quantitative estimate of drug-likeness (QED) is 0.405. The van der Waals surface area contributed by atoms with E-state index in [1.165, 1.54) is 24.5 Å². The van der Waals surface area contributed by atoms with Crippen LogP contribution in [0, 0.1) is 29.1 Å². The van der Waals surface area contributed by atoms with Crippen molar-refractivity contribution in [3.05, 3.63) is 53.6 Å². The molecule has 0 aliphatic heterocycles. The summed E-state index contributed by atoms with van der Waals surface area (Å²) in [6, 6.07) is 2.80. The lowest BCUT2D eigenvalue weighted by molar-refractivity contribution is 0.375. The molecule has 16 heavy (non-hydrogen) atoms. The van der Waals surface area contributed by atoms with Crippen LogP contribution in [0.15, 0.2) is 24.5 Å². The van der Waals surface area contributed by atoms with Crippen LogP contribution >= 0.6 is 0 Å². The Balaban J connectivity index is 2.81. The summed E-state index contributed by atoms with van der Waals surface area (Å²) in [5.41, 5.74) is -0.985. The zero-order chi connectivity index (χ0) is 11.9. The average Bonchev–Trinajstić information content (AvgIpc) is 2.77. The van der Waals surface area contributed by atoms with E-state index in [2.05, 4.69) is 0 Å². The van der Waals surface area contributed by atoms with E-state index < -0.39 is 34.8 Å². The molecular formula is C10H4F5N. The van der Waals surface area contributed by atoms with Gasteiger partial charge in [0, 0.05) is 12.4 Å². The number of aromatic nitrogens is 1. The highest BCUT2D eigenvalue weighted by Crippen LogP contribution is 2.25. The van der Waals surface area contributed by atoms with Gasteiger partial charge in [-0.05, 0) is 12.1 Å². The van der Waals surface area contributed by atoms with Crippen LogP contribution in [0.5, 0.6) is 0 Å². The highest BCUT2D eigenvalue weighted by atomic mass is 19.2. The Hall–Kier alpha value is -1.85. The second-order valence-corrected chi connectivity index (χ2v) is 3.01. The van der Waals surface area contributed by atoms with E-state index in [0.717, 1.165) is 4.57 Å². The Labute approximate surface area is 86.7 Å². The maximum atomic E-state index is 13.2. The molecule has 0 N–H and O–H groups in total. The molecule has 1 nitrogen and oxygen atoms in total. The van der Waals surface area contributed by atoms with E-state index in [-0.39, 0.29) is 0 Å². The van der Waals surface area contributed by atoms with Gasteiger partial charge in [0.25, 0.3) is 0 Å². The number of hydrogen-bond donors (Lipinski definition) is 0. The van der Waals surface area contributed by atoms with Gasteiger partial charge in [-0.15, -0.1) is 0 Å². The van der Waals surface area contributed by atoms with Crippen LogP contribution in [-0.4, -0.2) is 4.57 Å².